The number of hydrogen-bond acceptors (Lipinski definition) is 1. The van der Waals surface area contributed by atoms with E-state index in [0.29, 0.717) is 5.75 Å². The Bertz CT molecular complexity index is 512. The van der Waals surface area contributed by atoms with E-state index in [4.69, 9.17) is 0 Å². The van der Waals surface area contributed by atoms with Crippen LogP contribution in [0.25, 0.3) is 10.8 Å². The molecule has 1 nitrogen and oxygen atoms in total. The maximum atomic E-state index is 9.48. The zero-order valence-electron chi connectivity index (χ0n) is 10.1. The molecule has 0 unspecified atom stereocenters. The summed E-state index contributed by atoms with van der Waals surface area (Å²) in [5.74, 6) is 0.332. The molecule has 0 aliphatic rings. The molecule has 1 N–H and O–H groups in total. The first-order chi connectivity index (χ1) is 7.53. The third kappa shape index (κ3) is 1.90. The summed E-state index contributed by atoms with van der Waals surface area (Å²) in [6, 6.07) is 12.0. The summed E-state index contributed by atoms with van der Waals surface area (Å²) in [5.41, 5.74) is 1.52. The second-order valence-corrected chi connectivity index (χ2v) is 4.98. The number of phenols is 1. The van der Waals surface area contributed by atoms with E-state index in [0.717, 1.165) is 11.8 Å². The quantitative estimate of drug-likeness (QED) is 0.793. The zero-order valence-corrected chi connectivity index (χ0v) is 10.1. The first-order valence-corrected chi connectivity index (χ1v) is 5.76. The molecule has 2 aromatic rings. The zero-order chi connectivity index (χ0) is 11.8. The van der Waals surface area contributed by atoms with Crippen LogP contribution >= 0.6 is 0 Å². The van der Waals surface area contributed by atoms with Gasteiger partial charge in [0.1, 0.15) is 5.75 Å². The van der Waals surface area contributed by atoms with E-state index in [1.165, 1.54) is 10.9 Å². The molecule has 0 saturated carbocycles. The lowest BCUT2D eigenvalue weighted by molar-refractivity contribution is 0.476. The van der Waals surface area contributed by atoms with Gasteiger partial charge in [-0.05, 0) is 40.3 Å². The van der Waals surface area contributed by atoms with Gasteiger partial charge in [0.25, 0.3) is 0 Å². The highest BCUT2D eigenvalue weighted by atomic mass is 16.3. The molecule has 0 aromatic heterocycles. The molecule has 1 heteroatoms. The minimum absolute atomic E-state index is 0.194. The Labute approximate surface area is 96.7 Å². The van der Waals surface area contributed by atoms with E-state index >= 15 is 0 Å². The average Bonchev–Trinajstić information content (AvgIpc) is 2.28. The average molecular weight is 214 g/mol. The van der Waals surface area contributed by atoms with Crippen LogP contribution in [0.2, 0.25) is 0 Å². The number of fused-ring (bicyclic) bond motifs is 1. The summed E-state index contributed by atoms with van der Waals surface area (Å²) in [7, 11) is 0. The van der Waals surface area contributed by atoms with E-state index in [1.54, 1.807) is 6.07 Å². The van der Waals surface area contributed by atoms with Crippen molar-refractivity contribution in [2.45, 2.75) is 32.6 Å². The Morgan fingerprint density at radius 3 is 2.38 bits per heavy atom. The highest BCUT2D eigenvalue weighted by Crippen LogP contribution is 2.30. The molecule has 0 aliphatic carbocycles. The third-order valence-corrected chi connectivity index (χ3v) is 3.49. The van der Waals surface area contributed by atoms with Crippen LogP contribution < -0.4 is 0 Å². The number of aromatic hydroxyl groups is 1. The van der Waals surface area contributed by atoms with Crippen molar-refractivity contribution >= 4 is 10.8 Å². The van der Waals surface area contributed by atoms with Gasteiger partial charge in [0.2, 0.25) is 0 Å². The molecule has 0 saturated heterocycles. The van der Waals surface area contributed by atoms with Crippen molar-refractivity contribution in [3.05, 3.63) is 42.0 Å². The Balaban J connectivity index is 2.59. The maximum Gasteiger partial charge on any atom is 0.116 e. The van der Waals surface area contributed by atoms with Gasteiger partial charge in [-0.25, -0.2) is 0 Å². The largest absolute Gasteiger partial charge is 0.508 e. The van der Waals surface area contributed by atoms with Gasteiger partial charge in [0.15, 0.2) is 0 Å². The third-order valence-electron chi connectivity index (χ3n) is 3.49. The van der Waals surface area contributed by atoms with Gasteiger partial charge >= 0.3 is 0 Å². The fraction of sp³-hybridized carbons (Fsp3) is 0.333. The summed E-state index contributed by atoms with van der Waals surface area (Å²) in [6.45, 7) is 6.70. The van der Waals surface area contributed by atoms with E-state index in [9.17, 15) is 5.11 Å². The maximum absolute atomic E-state index is 9.48. The molecule has 0 heterocycles. The van der Waals surface area contributed by atoms with E-state index in [1.807, 2.05) is 12.1 Å². The standard InChI is InChI=1S/C15H18O/c1-4-15(2,3)13-7-5-11-6-8-14(16)10-12(11)9-13/h5-10,16H,4H2,1-3H3. The van der Waals surface area contributed by atoms with Crippen LogP contribution in [-0.2, 0) is 5.41 Å². The monoisotopic (exact) mass is 214 g/mol. The molecule has 0 atom stereocenters. The number of hydrogen-bond donors (Lipinski definition) is 1. The van der Waals surface area contributed by atoms with Crippen LogP contribution in [0.1, 0.15) is 32.8 Å². The predicted octanol–water partition coefficient (Wildman–Crippen LogP) is 4.23. The van der Waals surface area contributed by atoms with Crippen molar-refractivity contribution in [3.63, 3.8) is 0 Å². The lowest BCUT2D eigenvalue weighted by Gasteiger charge is -2.23. The first-order valence-electron chi connectivity index (χ1n) is 5.76. The Morgan fingerprint density at radius 2 is 1.69 bits per heavy atom. The Morgan fingerprint density at radius 1 is 1.00 bits per heavy atom. The van der Waals surface area contributed by atoms with Crippen LogP contribution in [0.5, 0.6) is 5.75 Å². The second kappa shape index (κ2) is 3.82. The van der Waals surface area contributed by atoms with Crippen molar-refractivity contribution < 1.29 is 5.11 Å². The van der Waals surface area contributed by atoms with E-state index in [2.05, 4.69) is 39.0 Å². The molecule has 0 spiro atoms. The van der Waals surface area contributed by atoms with Crippen LogP contribution in [0, 0.1) is 0 Å². The molecule has 16 heavy (non-hydrogen) atoms. The molecule has 0 bridgehead atoms. The SMILES string of the molecule is CCC(C)(C)c1ccc2ccc(O)cc2c1. The van der Waals surface area contributed by atoms with E-state index in [-0.39, 0.29) is 5.41 Å². The summed E-state index contributed by atoms with van der Waals surface area (Å²) in [5, 5.41) is 11.8. The summed E-state index contributed by atoms with van der Waals surface area (Å²) in [4.78, 5) is 0. The van der Waals surface area contributed by atoms with Crippen molar-refractivity contribution in [2.75, 3.05) is 0 Å². The fourth-order valence-corrected chi connectivity index (χ4v) is 1.86. The number of phenolic OH excluding ortho intramolecular Hbond substituents is 1. The molecular weight excluding hydrogens is 196 g/mol. The highest BCUT2D eigenvalue weighted by Gasteiger charge is 2.17. The van der Waals surface area contributed by atoms with Crippen LogP contribution in [0.4, 0.5) is 0 Å². The summed E-state index contributed by atoms with van der Waals surface area (Å²) < 4.78 is 0. The first kappa shape index (κ1) is 11.0. The normalized spacial score (nSPS) is 11.9. The van der Waals surface area contributed by atoms with Gasteiger partial charge < -0.3 is 5.11 Å². The van der Waals surface area contributed by atoms with Gasteiger partial charge in [-0.15, -0.1) is 0 Å². The number of benzene rings is 2. The predicted molar refractivity (Wildman–Crippen MR) is 68.9 cm³/mol. The van der Waals surface area contributed by atoms with Crippen LogP contribution in [0.15, 0.2) is 36.4 Å². The minimum atomic E-state index is 0.194. The Kier molecular flexibility index (Phi) is 2.63. The van der Waals surface area contributed by atoms with Gasteiger partial charge in [-0.3, -0.25) is 0 Å². The van der Waals surface area contributed by atoms with Gasteiger partial charge in [0, 0.05) is 0 Å². The van der Waals surface area contributed by atoms with Crippen molar-refractivity contribution in [1.82, 2.24) is 0 Å². The van der Waals surface area contributed by atoms with Crippen molar-refractivity contribution in [3.8, 4) is 5.75 Å². The van der Waals surface area contributed by atoms with E-state index < -0.39 is 0 Å². The lowest BCUT2D eigenvalue weighted by atomic mass is 9.81. The fourth-order valence-electron chi connectivity index (χ4n) is 1.86. The van der Waals surface area contributed by atoms with Crippen LogP contribution in [-0.4, -0.2) is 5.11 Å². The molecule has 0 fully saturated rings. The highest BCUT2D eigenvalue weighted by molar-refractivity contribution is 5.84. The van der Waals surface area contributed by atoms with Gasteiger partial charge in [-0.1, -0.05) is 45.0 Å². The molecule has 0 amide bonds. The summed E-state index contributed by atoms with van der Waals surface area (Å²) in [6.07, 6.45) is 1.11. The topological polar surface area (TPSA) is 20.2 Å². The minimum Gasteiger partial charge on any atom is -0.508 e. The van der Waals surface area contributed by atoms with Gasteiger partial charge in [0.05, 0.1) is 0 Å². The van der Waals surface area contributed by atoms with Crippen molar-refractivity contribution in [2.24, 2.45) is 0 Å². The molecule has 84 valence electrons. The Hall–Kier alpha value is -1.50. The van der Waals surface area contributed by atoms with Crippen molar-refractivity contribution in [1.29, 1.82) is 0 Å². The smallest absolute Gasteiger partial charge is 0.116 e. The van der Waals surface area contributed by atoms with Crippen LogP contribution in [0.3, 0.4) is 0 Å². The van der Waals surface area contributed by atoms with Gasteiger partial charge in [-0.2, -0.15) is 0 Å². The molecule has 0 radical (unpaired) electrons. The number of rotatable bonds is 2. The lowest BCUT2D eigenvalue weighted by Crippen LogP contribution is -2.14. The second-order valence-electron chi connectivity index (χ2n) is 4.98. The molecule has 2 aromatic carbocycles. The summed E-state index contributed by atoms with van der Waals surface area (Å²) >= 11 is 0. The molecule has 0 aliphatic heterocycles. The molecular formula is C15H18O. The molecule has 2 rings (SSSR count).